The number of para-hydroxylation sites is 1. The Hall–Kier alpha value is -2.43. The van der Waals surface area contributed by atoms with Crippen molar-refractivity contribution in [2.24, 2.45) is 0 Å². The second kappa shape index (κ2) is 6.83. The van der Waals surface area contributed by atoms with Gasteiger partial charge < -0.3 is 10.6 Å². The molecule has 1 amide bonds. The van der Waals surface area contributed by atoms with Crippen molar-refractivity contribution in [3.05, 3.63) is 47.9 Å². The molecule has 0 aliphatic heterocycles. The van der Waals surface area contributed by atoms with Crippen molar-refractivity contribution < 1.29 is 4.79 Å². The van der Waals surface area contributed by atoms with Crippen molar-refractivity contribution in [1.82, 2.24) is 9.97 Å². The number of carbonyl (C=O) groups excluding carboxylic acids is 1. The summed E-state index contributed by atoms with van der Waals surface area (Å²) in [6.45, 7) is 6.08. The summed E-state index contributed by atoms with van der Waals surface area (Å²) in [4.78, 5) is 20.4. The maximum Gasteiger partial charge on any atom is 0.274 e. The summed E-state index contributed by atoms with van der Waals surface area (Å²) < 4.78 is 0. The van der Waals surface area contributed by atoms with Gasteiger partial charge in [-0.25, -0.2) is 9.97 Å². The zero-order valence-corrected chi connectivity index (χ0v) is 12.6. The molecule has 0 fully saturated rings. The van der Waals surface area contributed by atoms with Crippen molar-refractivity contribution in [1.29, 1.82) is 0 Å². The fraction of sp³-hybridized carbons (Fsp3) is 0.312. The molecule has 110 valence electrons. The van der Waals surface area contributed by atoms with E-state index in [9.17, 15) is 4.79 Å². The molecule has 1 heterocycles. The summed E-state index contributed by atoms with van der Waals surface area (Å²) in [7, 11) is 0. The highest BCUT2D eigenvalue weighted by atomic mass is 16.1. The van der Waals surface area contributed by atoms with Crippen molar-refractivity contribution in [3.8, 4) is 0 Å². The number of rotatable bonds is 5. The Balaban J connectivity index is 2.16. The van der Waals surface area contributed by atoms with Gasteiger partial charge in [0.15, 0.2) is 0 Å². The molecular weight excluding hydrogens is 264 g/mol. The van der Waals surface area contributed by atoms with Crippen LogP contribution in [0.5, 0.6) is 0 Å². The van der Waals surface area contributed by atoms with Crippen molar-refractivity contribution in [2.75, 3.05) is 10.6 Å². The lowest BCUT2D eigenvalue weighted by molar-refractivity contribution is 0.102. The Morgan fingerprint density at radius 1 is 1.24 bits per heavy atom. The first-order valence-corrected chi connectivity index (χ1v) is 7.08. The number of benzene rings is 1. The van der Waals surface area contributed by atoms with Crippen LogP contribution in [-0.4, -0.2) is 21.9 Å². The van der Waals surface area contributed by atoms with Gasteiger partial charge in [0.1, 0.15) is 17.8 Å². The van der Waals surface area contributed by atoms with Gasteiger partial charge in [-0.1, -0.05) is 25.1 Å². The summed E-state index contributed by atoms with van der Waals surface area (Å²) in [5.41, 5.74) is 2.27. The molecule has 0 saturated heterocycles. The molecule has 0 bridgehead atoms. The topological polar surface area (TPSA) is 66.9 Å². The number of nitrogens with zero attached hydrogens (tertiary/aromatic N) is 2. The number of nitrogens with one attached hydrogen (secondary N) is 2. The first-order chi connectivity index (χ1) is 10.1. The van der Waals surface area contributed by atoms with Crippen molar-refractivity contribution >= 4 is 17.4 Å². The van der Waals surface area contributed by atoms with E-state index < -0.39 is 0 Å². The average molecular weight is 284 g/mol. The van der Waals surface area contributed by atoms with Crippen molar-refractivity contribution in [2.45, 2.75) is 33.2 Å². The zero-order chi connectivity index (χ0) is 15.2. The van der Waals surface area contributed by atoms with Crippen LogP contribution in [0.1, 0.15) is 36.8 Å². The van der Waals surface area contributed by atoms with E-state index in [0.717, 1.165) is 17.7 Å². The van der Waals surface area contributed by atoms with E-state index in [1.807, 2.05) is 38.1 Å². The molecule has 0 radical (unpaired) electrons. The summed E-state index contributed by atoms with van der Waals surface area (Å²) in [6.07, 6.45) is 2.26. The Kier molecular flexibility index (Phi) is 4.87. The molecular formula is C16H20N4O. The number of aromatic nitrogens is 2. The number of hydrogen-bond donors (Lipinski definition) is 2. The number of carbonyl (C=O) groups is 1. The Labute approximate surface area is 124 Å². The lowest BCUT2D eigenvalue weighted by Gasteiger charge is -2.11. The fourth-order valence-corrected chi connectivity index (χ4v) is 1.99. The lowest BCUT2D eigenvalue weighted by Crippen LogP contribution is -2.17. The number of hydrogen-bond acceptors (Lipinski definition) is 4. The maximum absolute atomic E-state index is 12.3. The molecule has 0 unspecified atom stereocenters. The minimum absolute atomic E-state index is 0.231. The Bertz CT molecular complexity index is 625. The molecule has 0 saturated carbocycles. The summed E-state index contributed by atoms with van der Waals surface area (Å²) in [5, 5.41) is 6.06. The van der Waals surface area contributed by atoms with Crippen LogP contribution >= 0.6 is 0 Å². The largest absolute Gasteiger partial charge is 0.368 e. The van der Waals surface area contributed by atoms with Crippen LogP contribution in [0.25, 0.3) is 0 Å². The van der Waals surface area contributed by atoms with Gasteiger partial charge in [-0.2, -0.15) is 0 Å². The molecule has 0 aliphatic carbocycles. The Morgan fingerprint density at radius 3 is 2.71 bits per heavy atom. The highest BCUT2D eigenvalue weighted by Crippen LogP contribution is 2.16. The molecule has 0 spiro atoms. The molecule has 21 heavy (non-hydrogen) atoms. The maximum atomic E-state index is 12.3. The minimum Gasteiger partial charge on any atom is -0.368 e. The molecule has 5 nitrogen and oxygen atoms in total. The van der Waals surface area contributed by atoms with Crippen LogP contribution in [0.3, 0.4) is 0 Å². The van der Waals surface area contributed by atoms with Gasteiger partial charge in [-0.15, -0.1) is 0 Å². The zero-order valence-electron chi connectivity index (χ0n) is 12.6. The molecule has 1 aromatic heterocycles. The van der Waals surface area contributed by atoms with Gasteiger partial charge in [-0.3, -0.25) is 4.79 Å². The fourth-order valence-electron chi connectivity index (χ4n) is 1.99. The number of anilines is 2. The van der Waals surface area contributed by atoms with E-state index in [2.05, 4.69) is 27.5 Å². The molecule has 1 aromatic carbocycles. The predicted molar refractivity (Wildman–Crippen MR) is 84.6 cm³/mol. The van der Waals surface area contributed by atoms with Crippen LogP contribution in [0, 0.1) is 0 Å². The third-order valence-corrected chi connectivity index (χ3v) is 2.98. The van der Waals surface area contributed by atoms with Gasteiger partial charge in [0, 0.05) is 17.8 Å². The van der Waals surface area contributed by atoms with Crippen LogP contribution < -0.4 is 10.6 Å². The number of aryl methyl sites for hydroxylation is 1. The average Bonchev–Trinajstić information content (AvgIpc) is 2.47. The van der Waals surface area contributed by atoms with Gasteiger partial charge in [0.05, 0.1) is 0 Å². The van der Waals surface area contributed by atoms with Gasteiger partial charge >= 0.3 is 0 Å². The van der Waals surface area contributed by atoms with E-state index in [1.165, 1.54) is 6.33 Å². The van der Waals surface area contributed by atoms with Crippen LogP contribution in [0.2, 0.25) is 0 Å². The predicted octanol–water partition coefficient (Wildman–Crippen LogP) is 3.11. The standard InChI is InChI=1S/C16H20N4O/c1-4-12-7-5-6-8-13(12)20-16(21)14-9-15(18-10-17-14)19-11(2)3/h5-11H,4H2,1-3H3,(H,20,21)(H,17,18,19). The molecule has 2 aromatic rings. The highest BCUT2D eigenvalue weighted by molar-refractivity contribution is 6.03. The quantitative estimate of drug-likeness (QED) is 0.885. The van der Waals surface area contributed by atoms with Gasteiger partial charge in [-0.05, 0) is 31.9 Å². The highest BCUT2D eigenvalue weighted by Gasteiger charge is 2.11. The SMILES string of the molecule is CCc1ccccc1NC(=O)c1cc(NC(C)C)ncn1. The second-order valence-electron chi connectivity index (χ2n) is 5.05. The van der Waals surface area contributed by atoms with Crippen LogP contribution in [0.4, 0.5) is 11.5 Å². The summed E-state index contributed by atoms with van der Waals surface area (Å²) in [5.74, 6) is 0.416. The molecule has 2 rings (SSSR count). The van der Waals surface area contributed by atoms with Crippen LogP contribution in [0.15, 0.2) is 36.7 Å². The van der Waals surface area contributed by atoms with Gasteiger partial charge in [0.2, 0.25) is 0 Å². The van der Waals surface area contributed by atoms with E-state index >= 15 is 0 Å². The molecule has 0 atom stereocenters. The number of amides is 1. The first kappa shape index (κ1) is 15.0. The van der Waals surface area contributed by atoms with E-state index in [4.69, 9.17) is 0 Å². The van der Waals surface area contributed by atoms with Gasteiger partial charge in [0.25, 0.3) is 5.91 Å². The van der Waals surface area contributed by atoms with Crippen molar-refractivity contribution in [3.63, 3.8) is 0 Å². The van der Waals surface area contributed by atoms with Crippen LogP contribution in [-0.2, 0) is 6.42 Å². The smallest absolute Gasteiger partial charge is 0.274 e. The van der Waals surface area contributed by atoms with E-state index in [1.54, 1.807) is 6.07 Å². The third kappa shape index (κ3) is 4.02. The van der Waals surface area contributed by atoms with E-state index in [0.29, 0.717) is 11.5 Å². The molecule has 2 N–H and O–H groups in total. The summed E-state index contributed by atoms with van der Waals surface area (Å²) in [6, 6.07) is 9.66. The minimum atomic E-state index is -0.231. The lowest BCUT2D eigenvalue weighted by atomic mass is 10.1. The molecule has 0 aliphatic rings. The monoisotopic (exact) mass is 284 g/mol. The second-order valence-corrected chi connectivity index (χ2v) is 5.05. The Morgan fingerprint density at radius 2 is 2.00 bits per heavy atom. The normalized spacial score (nSPS) is 10.5. The van der Waals surface area contributed by atoms with E-state index in [-0.39, 0.29) is 11.9 Å². The summed E-state index contributed by atoms with van der Waals surface area (Å²) >= 11 is 0. The third-order valence-electron chi connectivity index (χ3n) is 2.98. The first-order valence-electron chi connectivity index (χ1n) is 7.08. The molecule has 5 heteroatoms.